The van der Waals surface area contributed by atoms with Gasteiger partial charge >= 0.3 is 13.1 Å². The fourth-order valence-electron chi connectivity index (χ4n) is 3.85. The standard InChI is InChI=1S/C21H24N3O.BF4/c1-15-9-16(2)21(17(3)10-15)24-14-23-19(12-25-13-20(23)22-24)11-18-7-5-4-6-8-18;2-1(3,4)5/h4-10,14,19H,11-13H2,1-3H3;/q+1;-1. The van der Waals surface area contributed by atoms with E-state index in [-0.39, 0.29) is 6.04 Å². The Morgan fingerprint density at radius 3 is 2.27 bits per heavy atom. The number of nitrogens with zero attached hydrogens (tertiary/aromatic N) is 3. The first-order valence-corrected chi connectivity index (χ1v) is 9.68. The van der Waals surface area contributed by atoms with Crippen molar-refractivity contribution >= 4 is 7.25 Å². The highest BCUT2D eigenvalue weighted by Gasteiger charge is 2.30. The molecule has 0 saturated carbocycles. The molecule has 1 aliphatic rings. The van der Waals surface area contributed by atoms with Gasteiger partial charge in [-0.15, -0.1) is 0 Å². The van der Waals surface area contributed by atoms with Gasteiger partial charge in [0.1, 0.15) is 18.3 Å². The lowest BCUT2D eigenvalue weighted by Gasteiger charge is -2.19. The predicted octanol–water partition coefficient (Wildman–Crippen LogP) is 4.70. The first kappa shape index (κ1) is 22.0. The number of halogens is 4. The zero-order chi connectivity index (χ0) is 21.9. The lowest BCUT2D eigenvalue weighted by molar-refractivity contribution is -0.742. The summed E-state index contributed by atoms with van der Waals surface area (Å²) in [6.45, 7) is 7.74. The first-order chi connectivity index (χ1) is 14.1. The average molecular weight is 421 g/mol. The second-order valence-electron chi connectivity index (χ2n) is 7.48. The molecule has 160 valence electrons. The topological polar surface area (TPSA) is 30.9 Å². The minimum absolute atomic E-state index is 0.283. The van der Waals surface area contributed by atoms with Crippen LogP contribution in [0.1, 0.15) is 34.1 Å². The second-order valence-corrected chi connectivity index (χ2v) is 7.48. The Labute approximate surface area is 173 Å². The minimum Gasteiger partial charge on any atom is -0.418 e. The monoisotopic (exact) mass is 421 g/mol. The van der Waals surface area contributed by atoms with Crippen LogP contribution in [0.4, 0.5) is 17.3 Å². The van der Waals surface area contributed by atoms with Crippen LogP contribution in [0.5, 0.6) is 0 Å². The highest BCUT2D eigenvalue weighted by Crippen LogP contribution is 2.21. The summed E-state index contributed by atoms with van der Waals surface area (Å²) in [5.41, 5.74) is 6.28. The smallest absolute Gasteiger partial charge is 0.418 e. The van der Waals surface area contributed by atoms with Crippen LogP contribution >= 0.6 is 0 Å². The number of aromatic nitrogens is 3. The van der Waals surface area contributed by atoms with Gasteiger partial charge in [-0.25, -0.2) is 4.57 Å². The number of hydrogen-bond acceptors (Lipinski definition) is 2. The number of hydrogen-bond donors (Lipinski definition) is 0. The number of aryl methyl sites for hydroxylation is 3. The third-order valence-electron chi connectivity index (χ3n) is 4.87. The Kier molecular flexibility index (Phi) is 6.60. The van der Waals surface area contributed by atoms with Crippen LogP contribution in [0.25, 0.3) is 5.69 Å². The molecule has 0 aliphatic carbocycles. The van der Waals surface area contributed by atoms with E-state index in [0.29, 0.717) is 6.61 Å². The third-order valence-corrected chi connectivity index (χ3v) is 4.87. The van der Waals surface area contributed by atoms with E-state index in [1.165, 1.54) is 27.9 Å². The maximum absolute atomic E-state index is 9.75. The molecule has 30 heavy (non-hydrogen) atoms. The molecule has 1 aliphatic heterocycles. The lowest BCUT2D eigenvalue weighted by atomic mass is 10.1. The summed E-state index contributed by atoms with van der Waals surface area (Å²) in [6.07, 6.45) is 3.09. The SMILES string of the molecule is Cc1cc(C)c(-n2c[n+]3c(n2)COCC3Cc2ccccc2)c(C)c1.F[B-](F)(F)F. The summed E-state index contributed by atoms with van der Waals surface area (Å²) in [6, 6.07) is 15.3. The van der Waals surface area contributed by atoms with Gasteiger partial charge in [0, 0.05) is 11.5 Å². The highest BCUT2D eigenvalue weighted by molar-refractivity contribution is 6.50. The van der Waals surface area contributed by atoms with Crippen LogP contribution < -0.4 is 4.57 Å². The molecule has 0 N–H and O–H groups in total. The normalized spacial score (nSPS) is 15.9. The number of ether oxygens (including phenoxy) is 1. The molecule has 0 amide bonds. The molecule has 0 spiro atoms. The van der Waals surface area contributed by atoms with Crippen molar-refractivity contribution < 1.29 is 26.6 Å². The van der Waals surface area contributed by atoms with Crippen molar-refractivity contribution in [3.8, 4) is 5.69 Å². The predicted molar refractivity (Wildman–Crippen MR) is 107 cm³/mol. The average Bonchev–Trinajstić information content (AvgIpc) is 3.05. The number of fused-ring (bicyclic) bond motifs is 1. The largest absolute Gasteiger partial charge is 0.673 e. The fraction of sp³-hybridized carbons (Fsp3) is 0.333. The first-order valence-electron chi connectivity index (χ1n) is 9.68. The van der Waals surface area contributed by atoms with Gasteiger partial charge in [-0.1, -0.05) is 52.7 Å². The number of rotatable bonds is 3. The number of benzene rings is 2. The van der Waals surface area contributed by atoms with Gasteiger partial charge < -0.3 is 22.0 Å². The minimum atomic E-state index is -6.00. The van der Waals surface area contributed by atoms with Gasteiger partial charge in [0.15, 0.2) is 0 Å². The molecule has 4 nitrogen and oxygen atoms in total. The zero-order valence-electron chi connectivity index (χ0n) is 17.2. The molecular weight excluding hydrogens is 397 g/mol. The maximum Gasteiger partial charge on any atom is 0.673 e. The summed E-state index contributed by atoms with van der Waals surface area (Å²) in [5.74, 6) is 0.992. The molecule has 3 aromatic rings. The van der Waals surface area contributed by atoms with Gasteiger partial charge in [-0.3, -0.25) is 0 Å². The van der Waals surface area contributed by atoms with E-state index in [0.717, 1.165) is 18.9 Å². The molecule has 1 unspecified atom stereocenters. The zero-order valence-corrected chi connectivity index (χ0v) is 17.2. The van der Waals surface area contributed by atoms with E-state index in [1.807, 2.05) is 4.68 Å². The maximum atomic E-state index is 9.75. The van der Waals surface area contributed by atoms with E-state index in [1.54, 1.807) is 0 Å². The molecular formula is C21H24BF4N3O. The van der Waals surface area contributed by atoms with Crippen LogP contribution in [0.2, 0.25) is 0 Å². The second kappa shape index (κ2) is 8.99. The van der Waals surface area contributed by atoms with Gasteiger partial charge in [-0.2, -0.15) is 0 Å². The summed E-state index contributed by atoms with van der Waals surface area (Å²) < 4.78 is 49.1. The Morgan fingerprint density at radius 2 is 1.67 bits per heavy atom. The van der Waals surface area contributed by atoms with E-state index < -0.39 is 7.25 Å². The van der Waals surface area contributed by atoms with Gasteiger partial charge in [0.2, 0.25) is 6.33 Å². The van der Waals surface area contributed by atoms with Gasteiger partial charge in [0.25, 0.3) is 0 Å². The Balaban J connectivity index is 0.000000461. The van der Waals surface area contributed by atoms with Gasteiger partial charge in [0.05, 0.1) is 6.61 Å². The molecule has 2 heterocycles. The van der Waals surface area contributed by atoms with Crippen molar-refractivity contribution in [2.75, 3.05) is 6.61 Å². The van der Waals surface area contributed by atoms with Crippen molar-refractivity contribution in [3.05, 3.63) is 76.9 Å². The summed E-state index contributed by atoms with van der Waals surface area (Å²) in [4.78, 5) is 0. The Hall–Kier alpha value is -2.68. The van der Waals surface area contributed by atoms with Crippen LogP contribution in [0.3, 0.4) is 0 Å². The van der Waals surface area contributed by atoms with Crippen molar-refractivity contribution in [2.45, 2.75) is 39.8 Å². The van der Waals surface area contributed by atoms with Gasteiger partial charge in [-0.05, 0) is 37.5 Å². The molecule has 1 atom stereocenters. The summed E-state index contributed by atoms with van der Waals surface area (Å²) in [7, 11) is -6.00. The van der Waals surface area contributed by atoms with Crippen molar-refractivity contribution in [1.82, 2.24) is 9.78 Å². The van der Waals surface area contributed by atoms with Crippen molar-refractivity contribution in [1.29, 1.82) is 0 Å². The summed E-state index contributed by atoms with van der Waals surface area (Å²) >= 11 is 0. The molecule has 9 heteroatoms. The van der Waals surface area contributed by atoms with E-state index >= 15 is 0 Å². The van der Waals surface area contributed by atoms with E-state index in [4.69, 9.17) is 9.84 Å². The molecule has 2 aromatic carbocycles. The lowest BCUT2D eigenvalue weighted by Crippen LogP contribution is -2.48. The van der Waals surface area contributed by atoms with Crippen LogP contribution in [-0.4, -0.2) is 23.6 Å². The molecule has 4 rings (SSSR count). The fourth-order valence-corrected chi connectivity index (χ4v) is 3.85. The molecule has 0 radical (unpaired) electrons. The van der Waals surface area contributed by atoms with Crippen LogP contribution in [-0.2, 0) is 17.8 Å². The van der Waals surface area contributed by atoms with Crippen LogP contribution in [0.15, 0.2) is 48.8 Å². The Bertz CT molecular complexity index is 976. The Morgan fingerprint density at radius 1 is 1.07 bits per heavy atom. The molecule has 0 saturated heterocycles. The molecule has 0 bridgehead atoms. The van der Waals surface area contributed by atoms with E-state index in [2.05, 4.69) is 74.1 Å². The van der Waals surface area contributed by atoms with Crippen molar-refractivity contribution in [2.24, 2.45) is 0 Å². The quantitative estimate of drug-likeness (QED) is 0.349. The third kappa shape index (κ3) is 5.69. The molecule has 0 fully saturated rings. The summed E-state index contributed by atoms with van der Waals surface area (Å²) in [5, 5.41) is 4.82. The molecule has 1 aromatic heterocycles. The van der Waals surface area contributed by atoms with E-state index in [9.17, 15) is 17.3 Å². The van der Waals surface area contributed by atoms with Crippen LogP contribution in [0, 0.1) is 20.8 Å². The highest BCUT2D eigenvalue weighted by atomic mass is 19.5. The van der Waals surface area contributed by atoms with Crippen molar-refractivity contribution in [3.63, 3.8) is 0 Å².